The van der Waals surface area contributed by atoms with Gasteiger partial charge in [-0.15, -0.1) is 0 Å². The number of carbonyl (C=O) groups excluding carboxylic acids is 3. The highest BCUT2D eigenvalue weighted by atomic mass is 16.2. The molecule has 138 valence electrons. The number of carbonyl (C=O) groups is 3. The highest BCUT2D eigenvalue weighted by molar-refractivity contribution is 6.40. The highest BCUT2D eigenvalue weighted by Gasteiger charge is 2.35. The van der Waals surface area contributed by atoms with E-state index in [4.69, 9.17) is 5.73 Å². The molecular weight excluding hydrogens is 332 g/mol. The molecule has 3 amide bonds. The van der Waals surface area contributed by atoms with Crippen molar-refractivity contribution in [1.29, 1.82) is 0 Å². The van der Waals surface area contributed by atoms with Gasteiger partial charge in [-0.2, -0.15) is 5.10 Å². The number of rotatable bonds is 3. The molecule has 7 nitrogen and oxygen atoms in total. The van der Waals surface area contributed by atoms with Crippen LogP contribution in [0.25, 0.3) is 0 Å². The van der Waals surface area contributed by atoms with E-state index >= 15 is 0 Å². The van der Waals surface area contributed by atoms with Crippen LogP contribution in [0.1, 0.15) is 43.2 Å². The number of hydrazone groups is 1. The Kier molecular flexibility index (Phi) is 5.06. The Bertz CT molecular complexity index is 787. The molecule has 0 radical (unpaired) electrons. The number of likely N-dealkylation sites (tertiary alicyclic amines) is 1. The normalized spacial score (nSPS) is 20.8. The zero-order valence-electron chi connectivity index (χ0n) is 15.2. The van der Waals surface area contributed by atoms with Crippen LogP contribution in [-0.4, -0.2) is 40.9 Å². The van der Waals surface area contributed by atoms with E-state index in [1.54, 1.807) is 0 Å². The van der Waals surface area contributed by atoms with Gasteiger partial charge in [-0.3, -0.25) is 14.4 Å². The van der Waals surface area contributed by atoms with Gasteiger partial charge in [0.15, 0.2) is 0 Å². The molecule has 0 aliphatic carbocycles. The molecule has 1 atom stereocenters. The van der Waals surface area contributed by atoms with Gasteiger partial charge in [0, 0.05) is 19.4 Å². The van der Waals surface area contributed by atoms with Gasteiger partial charge in [0.05, 0.1) is 5.69 Å². The summed E-state index contributed by atoms with van der Waals surface area (Å²) in [6.45, 7) is 4.34. The number of aryl methyl sites for hydroxylation is 2. The fourth-order valence-corrected chi connectivity index (χ4v) is 3.48. The number of hydrogen-bond donors (Lipinski definition) is 1. The molecule has 1 unspecified atom stereocenters. The van der Waals surface area contributed by atoms with Crippen molar-refractivity contribution < 1.29 is 14.4 Å². The SMILES string of the molecule is Cc1ccc(C)c(N2N=C(C(=O)N3CCCCC3C(N)=O)CCC2=O)c1. The molecule has 0 bridgehead atoms. The molecule has 1 aromatic rings. The summed E-state index contributed by atoms with van der Waals surface area (Å²) in [5.74, 6) is -0.923. The fourth-order valence-electron chi connectivity index (χ4n) is 3.48. The summed E-state index contributed by atoms with van der Waals surface area (Å²) in [5, 5.41) is 5.68. The Hall–Kier alpha value is -2.70. The van der Waals surface area contributed by atoms with E-state index in [0.29, 0.717) is 24.4 Å². The van der Waals surface area contributed by atoms with Crippen LogP contribution in [0.3, 0.4) is 0 Å². The molecule has 2 aliphatic heterocycles. The van der Waals surface area contributed by atoms with Crippen LogP contribution in [0, 0.1) is 13.8 Å². The molecule has 2 N–H and O–H groups in total. The number of nitrogens with zero attached hydrogens (tertiary/aromatic N) is 3. The number of amides is 3. The summed E-state index contributed by atoms with van der Waals surface area (Å²) in [6.07, 6.45) is 2.78. The van der Waals surface area contributed by atoms with Crippen molar-refractivity contribution in [2.24, 2.45) is 10.8 Å². The van der Waals surface area contributed by atoms with Gasteiger partial charge in [0.25, 0.3) is 5.91 Å². The van der Waals surface area contributed by atoms with Crippen LogP contribution in [0.2, 0.25) is 0 Å². The monoisotopic (exact) mass is 356 g/mol. The molecule has 1 saturated heterocycles. The first-order chi connectivity index (χ1) is 12.4. The Morgan fingerprint density at radius 2 is 1.96 bits per heavy atom. The van der Waals surface area contributed by atoms with Crippen molar-refractivity contribution in [3.05, 3.63) is 29.3 Å². The maximum atomic E-state index is 13.0. The second-order valence-electron chi connectivity index (χ2n) is 6.95. The van der Waals surface area contributed by atoms with Gasteiger partial charge in [0.1, 0.15) is 11.8 Å². The third kappa shape index (κ3) is 3.47. The average Bonchev–Trinajstić information content (AvgIpc) is 2.63. The molecule has 7 heteroatoms. The predicted octanol–water partition coefficient (Wildman–Crippen LogP) is 1.65. The van der Waals surface area contributed by atoms with E-state index in [2.05, 4.69) is 5.10 Å². The van der Waals surface area contributed by atoms with Crippen molar-refractivity contribution in [1.82, 2.24) is 4.90 Å². The topological polar surface area (TPSA) is 96.1 Å². The molecule has 0 saturated carbocycles. The summed E-state index contributed by atoms with van der Waals surface area (Å²) in [7, 11) is 0. The lowest BCUT2D eigenvalue weighted by molar-refractivity contribution is -0.136. The first kappa shape index (κ1) is 18.1. The van der Waals surface area contributed by atoms with E-state index < -0.39 is 11.9 Å². The largest absolute Gasteiger partial charge is 0.368 e. The first-order valence-corrected chi connectivity index (χ1v) is 8.96. The van der Waals surface area contributed by atoms with Gasteiger partial charge in [0.2, 0.25) is 11.8 Å². The zero-order chi connectivity index (χ0) is 18.8. The molecule has 1 fully saturated rings. The summed E-state index contributed by atoms with van der Waals surface area (Å²) < 4.78 is 0. The number of piperidine rings is 1. The number of nitrogens with two attached hydrogens (primary N) is 1. The van der Waals surface area contributed by atoms with E-state index in [0.717, 1.165) is 24.0 Å². The van der Waals surface area contributed by atoms with E-state index in [1.165, 1.54) is 9.91 Å². The number of primary amides is 1. The number of benzene rings is 1. The second kappa shape index (κ2) is 7.27. The van der Waals surface area contributed by atoms with E-state index in [-0.39, 0.29) is 24.7 Å². The van der Waals surface area contributed by atoms with Gasteiger partial charge < -0.3 is 10.6 Å². The summed E-state index contributed by atoms with van der Waals surface area (Å²) in [4.78, 5) is 38.6. The minimum absolute atomic E-state index is 0.139. The van der Waals surface area contributed by atoms with Crippen LogP contribution in [0.15, 0.2) is 23.3 Å². The lowest BCUT2D eigenvalue weighted by atomic mass is 10.00. The van der Waals surface area contributed by atoms with Crippen LogP contribution in [-0.2, 0) is 14.4 Å². The van der Waals surface area contributed by atoms with Crippen molar-refractivity contribution in [3.8, 4) is 0 Å². The third-order valence-corrected chi connectivity index (χ3v) is 4.96. The smallest absolute Gasteiger partial charge is 0.270 e. The molecule has 3 rings (SSSR count). The Labute approximate surface area is 152 Å². The van der Waals surface area contributed by atoms with Crippen molar-refractivity contribution in [3.63, 3.8) is 0 Å². The Balaban J connectivity index is 1.92. The molecule has 26 heavy (non-hydrogen) atoms. The van der Waals surface area contributed by atoms with Crippen molar-refractivity contribution in [2.75, 3.05) is 11.6 Å². The second-order valence-corrected chi connectivity index (χ2v) is 6.95. The van der Waals surface area contributed by atoms with Crippen molar-refractivity contribution >= 4 is 29.1 Å². The van der Waals surface area contributed by atoms with Crippen LogP contribution < -0.4 is 10.7 Å². The van der Waals surface area contributed by atoms with Crippen molar-refractivity contribution in [2.45, 2.75) is 52.0 Å². The Morgan fingerprint density at radius 1 is 1.19 bits per heavy atom. The zero-order valence-corrected chi connectivity index (χ0v) is 15.2. The molecule has 2 aliphatic rings. The van der Waals surface area contributed by atoms with Crippen LogP contribution in [0.4, 0.5) is 5.69 Å². The highest BCUT2D eigenvalue weighted by Crippen LogP contribution is 2.26. The summed E-state index contributed by atoms with van der Waals surface area (Å²) >= 11 is 0. The first-order valence-electron chi connectivity index (χ1n) is 8.96. The quantitative estimate of drug-likeness (QED) is 0.892. The minimum atomic E-state index is -0.592. The third-order valence-electron chi connectivity index (χ3n) is 4.96. The standard InChI is InChI=1S/C19H24N4O3/c1-12-6-7-13(2)16(11-12)23-17(24)9-8-14(21-23)19(26)22-10-4-3-5-15(22)18(20)25/h6-7,11,15H,3-5,8-10H2,1-2H3,(H2,20,25). The molecule has 1 aromatic carbocycles. The average molecular weight is 356 g/mol. The summed E-state index contributed by atoms with van der Waals surface area (Å²) in [6, 6.07) is 5.19. The minimum Gasteiger partial charge on any atom is -0.368 e. The molecular formula is C19H24N4O3. The van der Waals surface area contributed by atoms with Gasteiger partial charge >= 0.3 is 0 Å². The fraction of sp³-hybridized carbons (Fsp3) is 0.474. The molecule has 0 spiro atoms. The lowest BCUT2D eigenvalue weighted by Crippen LogP contribution is -2.53. The molecule has 0 aromatic heterocycles. The van der Waals surface area contributed by atoms with E-state index in [9.17, 15) is 14.4 Å². The van der Waals surface area contributed by atoms with Gasteiger partial charge in [-0.05, 0) is 50.3 Å². The summed E-state index contributed by atoms with van der Waals surface area (Å²) in [5.41, 5.74) is 8.38. The predicted molar refractivity (Wildman–Crippen MR) is 98.6 cm³/mol. The number of anilines is 1. The van der Waals surface area contributed by atoms with Gasteiger partial charge in [-0.1, -0.05) is 12.1 Å². The maximum Gasteiger partial charge on any atom is 0.270 e. The van der Waals surface area contributed by atoms with E-state index in [1.807, 2.05) is 32.0 Å². The molecule has 2 heterocycles. The van der Waals surface area contributed by atoms with Crippen LogP contribution >= 0.6 is 0 Å². The Morgan fingerprint density at radius 3 is 2.69 bits per heavy atom. The maximum absolute atomic E-state index is 13.0. The number of hydrogen-bond acceptors (Lipinski definition) is 4. The van der Waals surface area contributed by atoms with Crippen LogP contribution in [0.5, 0.6) is 0 Å². The van der Waals surface area contributed by atoms with Gasteiger partial charge in [-0.25, -0.2) is 5.01 Å². The lowest BCUT2D eigenvalue weighted by Gasteiger charge is -2.35.